The maximum Gasteiger partial charge on any atom is 0.161 e. The molecular weight excluding hydrogens is 252 g/mol. The largest absolute Gasteiger partial charge is 0.491 e. The zero-order valence-corrected chi connectivity index (χ0v) is 11.4. The Hall–Kier alpha value is -1.62. The van der Waals surface area contributed by atoms with Gasteiger partial charge in [0, 0.05) is 12.0 Å². The summed E-state index contributed by atoms with van der Waals surface area (Å²) in [6.07, 6.45) is 4.17. The molecule has 0 unspecified atom stereocenters. The molecule has 0 fully saturated rings. The van der Waals surface area contributed by atoms with Gasteiger partial charge in [-0.15, -0.1) is 0 Å². The monoisotopic (exact) mass is 266 g/mol. The van der Waals surface area contributed by atoms with Crippen LogP contribution in [0, 0.1) is 6.92 Å². The zero-order chi connectivity index (χ0) is 13.1. The van der Waals surface area contributed by atoms with Crippen molar-refractivity contribution in [3.63, 3.8) is 0 Å². The van der Waals surface area contributed by atoms with Crippen molar-refractivity contribution in [1.29, 1.82) is 0 Å². The second-order valence-electron chi connectivity index (χ2n) is 3.79. The van der Waals surface area contributed by atoms with Crippen LogP contribution >= 0.6 is 11.6 Å². The van der Waals surface area contributed by atoms with Crippen molar-refractivity contribution in [1.82, 2.24) is 19.7 Å². The van der Waals surface area contributed by atoms with Crippen molar-refractivity contribution in [2.24, 2.45) is 0 Å². The third-order valence-corrected chi connectivity index (χ3v) is 2.88. The summed E-state index contributed by atoms with van der Waals surface area (Å²) < 4.78 is 7.03. The van der Waals surface area contributed by atoms with Crippen LogP contribution in [-0.2, 0) is 6.42 Å². The van der Waals surface area contributed by atoms with E-state index in [0.29, 0.717) is 29.2 Å². The highest BCUT2D eigenvalue weighted by molar-refractivity contribution is 6.30. The van der Waals surface area contributed by atoms with E-state index in [0.717, 1.165) is 12.0 Å². The lowest BCUT2D eigenvalue weighted by atomic mass is 10.3. The van der Waals surface area contributed by atoms with Gasteiger partial charge in [-0.25, -0.2) is 14.6 Å². The normalized spacial score (nSPS) is 10.7. The van der Waals surface area contributed by atoms with Crippen LogP contribution in [0.2, 0.25) is 5.15 Å². The second-order valence-corrected chi connectivity index (χ2v) is 4.14. The van der Waals surface area contributed by atoms with Gasteiger partial charge in [0.1, 0.15) is 11.0 Å². The minimum absolute atomic E-state index is 0.463. The first kappa shape index (κ1) is 12.8. The lowest BCUT2D eigenvalue weighted by Gasteiger charge is -2.07. The Bertz CT molecular complexity index is 553. The van der Waals surface area contributed by atoms with Crippen LogP contribution in [0.3, 0.4) is 0 Å². The number of aryl methyl sites for hydroxylation is 1. The molecular formula is C12H15ClN4O. The number of hydrogen-bond acceptors (Lipinski definition) is 4. The van der Waals surface area contributed by atoms with Gasteiger partial charge in [0.25, 0.3) is 0 Å². The Kier molecular flexibility index (Phi) is 3.81. The Morgan fingerprint density at radius 1 is 1.33 bits per heavy atom. The van der Waals surface area contributed by atoms with Crippen molar-refractivity contribution in [3.8, 4) is 11.6 Å². The van der Waals surface area contributed by atoms with Gasteiger partial charge in [-0.2, -0.15) is 5.10 Å². The molecule has 0 bridgehead atoms. The van der Waals surface area contributed by atoms with Crippen molar-refractivity contribution >= 4 is 11.6 Å². The second kappa shape index (κ2) is 5.35. The van der Waals surface area contributed by atoms with Gasteiger partial charge in [-0.1, -0.05) is 18.5 Å². The zero-order valence-electron chi connectivity index (χ0n) is 10.6. The van der Waals surface area contributed by atoms with E-state index in [1.807, 2.05) is 20.8 Å². The first-order valence-corrected chi connectivity index (χ1v) is 6.24. The van der Waals surface area contributed by atoms with Crippen LogP contribution in [0.15, 0.2) is 12.4 Å². The fraction of sp³-hybridized carbons (Fsp3) is 0.417. The molecule has 5 nitrogen and oxygen atoms in total. The van der Waals surface area contributed by atoms with Crippen LogP contribution < -0.4 is 4.74 Å². The van der Waals surface area contributed by atoms with Crippen LogP contribution in [0.4, 0.5) is 0 Å². The molecule has 0 aliphatic rings. The quantitative estimate of drug-likeness (QED) is 0.798. The van der Waals surface area contributed by atoms with E-state index < -0.39 is 0 Å². The standard InChI is InChI=1S/C12H15ClN4O/c1-4-10-15-11(13)8(3)12(16-10)17-7-9(6-14-17)18-5-2/h6-7H,4-5H2,1-3H3. The number of halogens is 1. The summed E-state index contributed by atoms with van der Waals surface area (Å²) in [6, 6.07) is 0. The lowest BCUT2D eigenvalue weighted by molar-refractivity contribution is 0.340. The molecule has 0 atom stereocenters. The molecule has 0 N–H and O–H groups in total. The molecule has 0 saturated heterocycles. The third-order valence-electron chi connectivity index (χ3n) is 2.51. The molecule has 2 aromatic rings. The summed E-state index contributed by atoms with van der Waals surface area (Å²) in [7, 11) is 0. The van der Waals surface area contributed by atoms with Crippen LogP contribution in [0.5, 0.6) is 5.75 Å². The summed E-state index contributed by atoms with van der Waals surface area (Å²) >= 11 is 6.09. The maximum absolute atomic E-state index is 6.09. The average Bonchev–Trinajstić information content (AvgIpc) is 2.81. The smallest absolute Gasteiger partial charge is 0.161 e. The first-order valence-electron chi connectivity index (χ1n) is 5.86. The van der Waals surface area contributed by atoms with Gasteiger partial charge in [0.05, 0.1) is 19.0 Å². The van der Waals surface area contributed by atoms with Gasteiger partial charge in [-0.05, 0) is 13.8 Å². The molecule has 0 aromatic carbocycles. The summed E-state index contributed by atoms with van der Waals surface area (Å²) in [5.74, 6) is 2.11. The topological polar surface area (TPSA) is 52.8 Å². The fourth-order valence-electron chi connectivity index (χ4n) is 1.57. The molecule has 0 radical (unpaired) electrons. The maximum atomic E-state index is 6.09. The van der Waals surface area contributed by atoms with E-state index in [-0.39, 0.29) is 0 Å². The SMILES string of the molecule is CCOc1cnn(-c2nc(CC)nc(Cl)c2C)c1. The highest BCUT2D eigenvalue weighted by atomic mass is 35.5. The van der Waals surface area contributed by atoms with Gasteiger partial charge in [0.15, 0.2) is 11.6 Å². The van der Waals surface area contributed by atoms with Crippen LogP contribution in [-0.4, -0.2) is 26.4 Å². The number of hydrogen-bond donors (Lipinski definition) is 0. The molecule has 0 aliphatic heterocycles. The van der Waals surface area contributed by atoms with Crippen molar-refractivity contribution < 1.29 is 4.74 Å². The number of ether oxygens (including phenoxy) is 1. The van der Waals surface area contributed by atoms with Gasteiger partial charge in [0.2, 0.25) is 0 Å². The third kappa shape index (κ3) is 2.46. The molecule has 2 aromatic heterocycles. The average molecular weight is 267 g/mol. The minimum atomic E-state index is 0.463. The molecule has 0 spiro atoms. The van der Waals surface area contributed by atoms with E-state index >= 15 is 0 Å². The highest BCUT2D eigenvalue weighted by Crippen LogP contribution is 2.20. The number of rotatable bonds is 4. The summed E-state index contributed by atoms with van der Waals surface area (Å²) in [5.41, 5.74) is 0.806. The van der Waals surface area contributed by atoms with E-state index in [9.17, 15) is 0 Å². The van der Waals surface area contributed by atoms with Gasteiger partial charge >= 0.3 is 0 Å². The Labute approximate surface area is 111 Å². The van der Waals surface area contributed by atoms with Crippen molar-refractivity contribution in [2.45, 2.75) is 27.2 Å². The lowest BCUT2D eigenvalue weighted by Crippen LogP contribution is -2.06. The molecule has 0 amide bonds. The van der Waals surface area contributed by atoms with Crippen molar-refractivity contribution in [2.75, 3.05) is 6.61 Å². The fourth-order valence-corrected chi connectivity index (χ4v) is 1.75. The predicted octanol–water partition coefficient (Wildman–Crippen LogP) is 2.59. The molecule has 2 rings (SSSR count). The Balaban J connectivity index is 2.45. The summed E-state index contributed by atoms with van der Waals surface area (Å²) in [4.78, 5) is 8.65. The number of aromatic nitrogens is 4. The predicted molar refractivity (Wildman–Crippen MR) is 69.4 cm³/mol. The van der Waals surface area contributed by atoms with Crippen LogP contribution in [0.1, 0.15) is 25.2 Å². The Morgan fingerprint density at radius 3 is 2.78 bits per heavy atom. The van der Waals surface area contributed by atoms with E-state index in [2.05, 4.69) is 15.1 Å². The molecule has 0 aliphatic carbocycles. The Morgan fingerprint density at radius 2 is 2.11 bits per heavy atom. The molecule has 96 valence electrons. The van der Waals surface area contributed by atoms with E-state index in [1.165, 1.54) is 0 Å². The number of nitrogens with zero attached hydrogens (tertiary/aromatic N) is 4. The molecule has 0 saturated carbocycles. The minimum Gasteiger partial charge on any atom is -0.491 e. The summed E-state index contributed by atoms with van der Waals surface area (Å²) in [5, 5.41) is 4.69. The molecule has 18 heavy (non-hydrogen) atoms. The van der Waals surface area contributed by atoms with E-state index in [1.54, 1.807) is 17.1 Å². The van der Waals surface area contributed by atoms with E-state index in [4.69, 9.17) is 16.3 Å². The highest BCUT2D eigenvalue weighted by Gasteiger charge is 2.11. The molecule has 2 heterocycles. The van der Waals surface area contributed by atoms with Crippen LogP contribution in [0.25, 0.3) is 5.82 Å². The van der Waals surface area contributed by atoms with Crippen molar-refractivity contribution in [3.05, 3.63) is 28.9 Å². The van der Waals surface area contributed by atoms with Gasteiger partial charge < -0.3 is 4.74 Å². The first-order chi connectivity index (χ1) is 8.65. The summed E-state index contributed by atoms with van der Waals surface area (Å²) in [6.45, 7) is 6.40. The van der Waals surface area contributed by atoms with Gasteiger partial charge in [-0.3, -0.25) is 0 Å². The molecule has 6 heteroatoms.